The van der Waals surface area contributed by atoms with E-state index in [1.165, 1.54) is 13.0 Å². The molecule has 1 aromatic rings. The Hall–Kier alpha value is -0.780. The molecule has 4 nitrogen and oxygen atoms in total. The SMILES string of the molecule is CCC[C@@](C)(NC(=O)c1cc(Cl)sc1Cl)C(=O)O. The maximum Gasteiger partial charge on any atom is 0.329 e. The molecule has 1 rings (SSSR count). The molecule has 0 aliphatic carbocycles. The summed E-state index contributed by atoms with van der Waals surface area (Å²) >= 11 is 12.7. The maximum atomic E-state index is 12.0. The monoisotopic (exact) mass is 309 g/mol. The van der Waals surface area contributed by atoms with E-state index in [0.29, 0.717) is 17.2 Å². The number of carboxylic acid groups (broad SMARTS) is 1. The van der Waals surface area contributed by atoms with E-state index in [1.807, 2.05) is 6.92 Å². The number of halogens is 2. The number of carboxylic acids is 1. The predicted molar refractivity (Wildman–Crippen MR) is 72.8 cm³/mol. The molecule has 1 amide bonds. The Kier molecular flexibility index (Phi) is 5.01. The lowest BCUT2D eigenvalue weighted by Gasteiger charge is -2.25. The van der Waals surface area contributed by atoms with Gasteiger partial charge in [-0.2, -0.15) is 0 Å². The molecule has 0 saturated carbocycles. The number of thiophene rings is 1. The molecule has 1 heterocycles. The smallest absolute Gasteiger partial charge is 0.329 e. The second-order valence-electron chi connectivity index (χ2n) is 4.08. The maximum absolute atomic E-state index is 12.0. The Labute approximate surface area is 119 Å². The summed E-state index contributed by atoms with van der Waals surface area (Å²) in [6.07, 6.45) is 0.977. The number of hydrogen-bond acceptors (Lipinski definition) is 3. The molecule has 0 fully saturated rings. The first-order valence-electron chi connectivity index (χ1n) is 5.31. The van der Waals surface area contributed by atoms with Gasteiger partial charge in [0.05, 0.1) is 9.90 Å². The lowest BCUT2D eigenvalue weighted by atomic mass is 9.96. The van der Waals surface area contributed by atoms with E-state index in [9.17, 15) is 9.59 Å². The number of aliphatic carboxylic acids is 1. The van der Waals surface area contributed by atoms with Gasteiger partial charge in [-0.3, -0.25) is 4.79 Å². The molecular formula is C11H13Cl2NO3S. The van der Waals surface area contributed by atoms with Crippen molar-refractivity contribution in [2.75, 3.05) is 0 Å². The molecule has 100 valence electrons. The highest BCUT2D eigenvalue weighted by Gasteiger charge is 2.34. The van der Waals surface area contributed by atoms with E-state index in [0.717, 1.165) is 11.3 Å². The zero-order chi connectivity index (χ0) is 13.9. The van der Waals surface area contributed by atoms with Gasteiger partial charge in [-0.1, -0.05) is 36.5 Å². The van der Waals surface area contributed by atoms with Crippen LogP contribution < -0.4 is 5.32 Å². The molecule has 7 heteroatoms. The van der Waals surface area contributed by atoms with Crippen LogP contribution in [0, 0.1) is 0 Å². The number of amides is 1. The Morgan fingerprint density at radius 2 is 2.11 bits per heavy atom. The minimum atomic E-state index is -1.30. The van der Waals surface area contributed by atoms with Gasteiger partial charge >= 0.3 is 5.97 Å². The van der Waals surface area contributed by atoms with Crippen LogP contribution in [0.2, 0.25) is 8.67 Å². The first-order chi connectivity index (χ1) is 8.30. The van der Waals surface area contributed by atoms with Gasteiger partial charge in [0.2, 0.25) is 0 Å². The van der Waals surface area contributed by atoms with Crippen LogP contribution >= 0.6 is 34.5 Å². The number of hydrogen-bond donors (Lipinski definition) is 2. The van der Waals surface area contributed by atoms with E-state index >= 15 is 0 Å². The summed E-state index contributed by atoms with van der Waals surface area (Å²) in [6, 6.07) is 1.43. The zero-order valence-electron chi connectivity index (χ0n) is 9.92. The fourth-order valence-corrected chi connectivity index (χ4v) is 2.99. The third-order valence-electron chi connectivity index (χ3n) is 2.51. The molecule has 1 aromatic heterocycles. The second-order valence-corrected chi connectivity index (χ2v) is 6.36. The quantitative estimate of drug-likeness (QED) is 0.875. The minimum Gasteiger partial charge on any atom is -0.480 e. The minimum absolute atomic E-state index is 0.204. The predicted octanol–water partition coefficient (Wildman–Crippen LogP) is 3.43. The van der Waals surface area contributed by atoms with Crippen LogP contribution in [0.15, 0.2) is 6.07 Å². The van der Waals surface area contributed by atoms with Gasteiger partial charge in [0.25, 0.3) is 5.91 Å². The Morgan fingerprint density at radius 1 is 1.50 bits per heavy atom. The fourth-order valence-electron chi connectivity index (χ4n) is 1.54. The van der Waals surface area contributed by atoms with Crippen molar-refractivity contribution < 1.29 is 14.7 Å². The van der Waals surface area contributed by atoms with Crippen molar-refractivity contribution in [2.24, 2.45) is 0 Å². The van der Waals surface area contributed by atoms with E-state index < -0.39 is 17.4 Å². The van der Waals surface area contributed by atoms with Crippen molar-refractivity contribution >= 4 is 46.4 Å². The van der Waals surface area contributed by atoms with E-state index in [-0.39, 0.29) is 9.90 Å². The topological polar surface area (TPSA) is 66.4 Å². The summed E-state index contributed by atoms with van der Waals surface area (Å²) in [5, 5.41) is 11.7. The second kappa shape index (κ2) is 5.91. The molecule has 18 heavy (non-hydrogen) atoms. The normalized spacial score (nSPS) is 14.0. The Morgan fingerprint density at radius 3 is 2.50 bits per heavy atom. The van der Waals surface area contributed by atoms with E-state index in [4.69, 9.17) is 28.3 Å². The summed E-state index contributed by atoms with van der Waals surface area (Å²) < 4.78 is 0.638. The van der Waals surface area contributed by atoms with Gasteiger partial charge in [-0.25, -0.2) is 4.79 Å². The average molecular weight is 310 g/mol. The molecule has 2 N–H and O–H groups in total. The standard InChI is InChI=1S/C11H13Cl2NO3S/c1-3-4-11(2,10(16)17)14-9(15)6-5-7(12)18-8(6)13/h5H,3-4H2,1-2H3,(H,14,15)(H,16,17)/t11-/m1/s1. The Balaban J connectivity index is 2.92. The van der Waals surface area contributed by atoms with E-state index in [2.05, 4.69) is 5.32 Å². The number of carbonyl (C=O) groups excluding carboxylic acids is 1. The molecule has 0 aromatic carbocycles. The molecule has 1 atom stereocenters. The van der Waals surface area contributed by atoms with Crippen LogP contribution in [0.3, 0.4) is 0 Å². The van der Waals surface area contributed by atoms with Crippen LogP contribution in [0.4, 0.5) is 0 Å². The van der Waals surface area contributed by atoms with Crippen molar-refractivity contribution in [1.29, 1.82) is 0 Å². The van der Waals surface area contributed by atoms with Crippen molar-refractivity contribution in [1.82, 2.24) is 5.32 Å². The van der Waals surface area contributed by atoms with Crippen LogP contribution in [0.25, 0.3) is 0 Å². The summed E-state index contributed by atoms with van der Waals surface area (Å²) in [6.45, 7) is 3.32. The molecule has 0 radical (unpaired) electrons. The summed E-state index contributed by atoms with van der Waals surface area (Å²) in [5.41, 5.74) is -1.10. The largest absolute Gasteiger partial charge is 0.480 e. The van der Waals surface area contributed by atoms with Gasteiger partial charge in [0.1, 0.15) is 9.88 Å². The highest BCUT2D eigenvalue weighted by atomic mass is 35.5. The lowest BCUT2D eigenvalue weighted by Crippen LogP contribution is -2.52. The molecule has 0 aliphatic heterocycles. The van der Waals surface area contributed by atoms with Gasteiger partial charge in [0.15, 0.2) is 0 Å². The molecule has 0 aliphatic rings. The third kappa shape index (κ3) is 3.37. The molecule has 0 saturated heterocycles. The van der Waals surface area contributed by atoms with Gasteiger partial charge < -0.3 is 10.4 Å². The van der Waals surface area contributed by atoms with Crippen LogP contribution in [-0.4, -0.2) is 22.5 Å². The molecule has 0 unspecified atom stereocenters. The van der Waals surface area contributed by atoms with Gasteiger partial charge in [0, 0.05) is 0 Å². The number of nitrogens with one attached hydrogen (secondary N) is 1. The fraction of sp³-hybridized carbons (Fsp3) is 0.455. The van der Waals surface area contributed by atoms with Crippen molar-refractivity contribution in [2.45, 2.75) is 32.2 Å². The number of rotatable bonds is 5. The van der Waals surface area contributed by atoms with Crippen LogP contribution in [0.5, 0.6) is 0 Å². The van der Waals surface area contributed by atoms with Crippen molar-refractivity contribution in [3.63, 3.8) is 0 Å². The highest BCUT2D eigenvalue weighted by Crippen LogP contribution is 2.31. The molecule has 0 bridgehead atoms. The zero-order valence-corrected chi connectivity index (χ0v) is 12.2. The van der Waals surface area contributed by atoms with E-state index in [1.54, 1.807) is 0 Å². The molecular weight excluding hydrogens is 297 g/mol. The lowest BCUT2D eigenvalue weighted by molar-refractivity contribution is -0.144. The summed E-state index contributed by atoms with van der Waals surface area (Å²) in [4.78, 5) is 23.2. The van der Waals surface area contributed by atoms with Crippen molar-refractivity contribution in [3.8, 4) is 0 Å². The Bertz CT molecular complexity index is 475. The average Bonchev–Trinajstić information content (AvgIpc) is 2.57. The van der Waals surface area contributed by atoms with Gasteiger partial charge in [-0.15, -0.1) is 11.3 Å². The molecule has 0 spiro atoms. The third-order valence-corrected chi connectivity index (χ3v) is 4.00. The highest BCUT2D eigenvalue weighted by molar-refractivity contribution is 7.20. The van der Waals surface area contributed by atoms with Crippen LogP contribution in [0.1, 0.15) is 37.0 Å². The number of carbonyl (C=O) groups is 2. The first kappa shape index (κ1) is 15.3. The van der Waals surface area contributed by atoms with Crippen molar-refractivity contribution in [3.05, 3.63) is 20.3 Å². The summed E-state index contributed by atoms with van der Waals surface area (Å²) in [7, 11) is 0. The summed E-state index contributed by atoms with van der Waals surface area (Å²) in [5.74, 6) is -1.60. The van der Waals surface area contributed by atoms with Crippen LogP contribution in [-0.2, 0) is 4.79 Å². The van der Waals surface area contributed by atoms with Gasteiger partial charge in [-0.05, 0) is 19.4 Å². The first-order valence-corrected chi connectivity index (χ1v) is 6.88.